The number of imidazole rings is 1. The number of aryl methyl sites for hydroxylation is 2. The van der Waals surface area contributed by atoms with Gasteiger partial charge >= 0.3 is 0 Å². The quantitative estimate of drug-likeness (QED) is 0.898. The van der Waals surface area contributed by atoms with Crippen molar-refractivity contribution in [3.8, 4) is 0 Å². The van der Waals surface area contributed by atoms with Crippen molar-refractivity contribution in [2.75, 3.05) is 6.54 Å². The molecule has 1 saturated heterocycles. The minimum Gasteiger partial charge on any atom is -0.329 e. The Labute approximate surface area is 108 Å². The number of hydrogen-bond acceptors (Lipinski definition) is 2. The second-order valence-electron chi connectivity index (χ2n) is 5.22. The van der Waals surface area contributed by atoms with Gasteiger partial charge in [0.1, 0.15) is 5.82 Å². The van der Waals surface area contributed by atoms with Gasteiger partial charge in [-0.25, -0.2) is 4.98 Å². The number of nitrogens with zero attached hydrogens (tertiary/aromatic N) is 2. The summed E-state index contributed by atoms with van der Waals surface area (Å²) in [6, 6.07) is 7.41. The van der Waals surface area contributed by atoms with Crippen LogP contribution in [0.15, 0.2) is 18.2 Å². The molecular weight excluding hydrogens is 222 g/mol. The first-order valence-corrected chi connectivity index (χ1v) is 6.97. The zero-order valence-corrected chi connectivity index (χ0v) is 11.2. The maximum atomic E-state index is 4.66. The minimum absolute atomic E-state index is 0.664. The van der Waals surface area contributed by atoms with Gasteiger partial charge in [-0.2, -0.15) is 0 Å². The summed E-state index contributed by atoms with van der Waals surface area (Å²) < 4.78 is 2.27. The van der Waals surface area contributed by atoms with E-state index < -0.39 is 0 Å². The van der Waals surface area contributed by atoms with Crippen LogP contribution in [0.25, 0.3) is 11.0 Å². The molecule has 3 rings (SSSR count). The van der Waals surface area contributed by atoms with Gasteiger partial charge in [0.05, 0.1) is 11.0 Å². The zero-order chi connectivity index (χ0) is 12.5. The Kier molecular flexibility index (Phi) is 3.08. The lowest BCUT2D eigenvalue weighted by molar-refractivity contribution is 0.603. The molecule has 0 amide bonds. The predicted molar refractivity (Wildman–Crippen MR) is 74.9 cm³/mol. The summed E-state index contributed by atoms with van der Waals surface area (Å²) in [5.41, 5.74) is 3.81. The fourth-order valence-corrected chi connectivity index (χ4v) is 3.04. The van der Waals surface area contributed by atoms with Gasteiger partial charge in [-0.1, -0.05) is 6.07 Å². The highest BCUT2D eigenvalue weighted by Gasteiger charge is 2.15. The van der Waals surface area contributed by atoms with Gasteiger partial charge in [0, 0.05) is 12.6 Å². The van der Waals surface area contributed by atoms with E-state index in [9.17, 15) is 0 Å². The van der Waals surface area contributed by atoms with Crippen LogP contribution < -0.4 is 5.32 Å². The van der Waals surface area contributed by atoms with Crippen molar-refractivity contribution in [3.63, 3.8) is 0 Å². The number of nitrogens with one attached hydrogen (secondary N) is 1. The van der Waals surface area contributed by atoms with Crippen LogP contribution in [0.2, 0.25) is 0 Å². The molecule has 1 unspecified atom stereocenters. The van der Waals surface area contributed by atoms with Gasteiger partial charge in [0.15, 0.2) is 0 Å². The Bertz CT molecular complexity index is 550. The van der Waals surface area contributed by atoms with E-state index in [2.05, 4.69) is 46.9 Å². The molecule has 3 heteroatoms. The number of fused-ring (bicyclic) bond motifs is 1. The van der Waals surface area contributed by atoms with Gasteiger partial charge < -0.3 is 9.88 Å². The molecule has 1 aliphatic heterocycles. The van der Waals surface area contributed by atoms with E-state index in [1.807, 2.05) is 0 Å². The SMILES string of the molecule is CCn1c(C)nc2cc(CC3CCCN3)ccc21. The maximum absolute atomic E-state index is 4.66. The standard InChI is InChI=1S/C15H21N3/c1-3-18-11(2)17-14-10-12(6-7-15(14)18)9-13-5-4-8-16-13/h6-7,10,13,16H,3-5,8-9H2,1-2H3. The van der Waals surface area contributed by atoms with Gasteiger partial charge in [-0.3, -0.25) is 0 Å². The molecule has 96 valence electrons. The number of aromatic nitrogens is 2. The summed E-state index contributed by atoms with van der Waals surface area (Å²) in [7, 11) is 0. The third-order valence-corrected chi connectivity index (χ3v) is 3.96. The monoisotopic (exact) mass is 243 g/mol. The Morgan fingerprint density at radius 2 is 2.33 bits per heavy atom. The highest BCUT2D eigenvalue weighted by Crippen LogP contribution is 2.20. The smallest absolute Gasteiger partial charge is 0.106 e. The van der Waals surface area contributed by atoms with Crippen LogP contribution in [0.1, 0.15) is 31.2 Å². The van der Waals surface area contributed by atoms with E-state index in [-0.39, 0.29) is 0 Å². The van der Waals surface area contributed by atoms with E-state index in [0.717, 1.165) is 24.3 Å². The Morgan fingerprint density at radius 1 is 1.44 bits per heavy atom. The largest absolute Gasteiger partial charge is 0.329 e. The second-order valence-corrected chi connectivity index (χ2v) is 5.22. The van der Waals surface area contributed by atoms with Crippen LogP contribution in [0.4, 0.5) is 0 Å². The molecule has 0 bridgehead atoms. The van der Waals surface area contributed by atoms with E-state index in [1.165, 1.54) is 30.5 Å². The number of hydrogen-bond donors (Lipinski definition) is 1. The summed E-state index contributed by atoms with van der Waals surface area (Å²) in [6.07, 6.45) is 3.75. The molecule has 0 aliphatic carbocycles. The van der Waals surface area contributed by atoms with E-state index in [0.29, 0.717) is 6.04 Å². The fourth-order valence-electron chi connectivity index (χ4n) is 3.04. The molecule has 2 heterocycles. The van der Waals surface area contributed by atoms with Crippen LogP contribution >= 0.6 is 0 Å². The molecule has 0 saturated carbocycles. The van der Waals surface area contributed by atoms with Crippen LogP contribution in [-0.2, 0) is 13.0 Å². The maximum Gasteiger partial charge on any atom is 0.106 e. The van der Waals surface area contributed by atoms with E-state index in [4.69, 9.17) is 0 Å². The summed E-state index contributed by atoms with van der Waals surface area (Å²) >= 11 is 0. The van der Waals surface area contributed by atoms with Crippen LogP contribution in [0, 0.1) is 6.92 Å². The molecule has 2 aromatic rings. The normalized spacial score (nSPS) is 19.8. The zero-order valence-electron chi connectivity index (χ0n) is 11.2. The van der Waals surface area contributed by atoms with E-state index in [1.54, 1.807) is 0 Å². The Hall–Kier alpha value is -1.35. The van der Waals surface area contributed by atoms with Crippen molar-refractivity contribution in [2.45, 2.75) is 45.7 Å². The highest BCUT2D eigenvalue weighted by molar-refractivity contribution is 5.76. The molecule has 1 aromatic carbocycles. The van der Waals surface area contributed by atoms with Crippen molar-refractivity contribution >= 4 is 11.0 Å². The first kappa shape index (κ1) is 11.7. The number of benzene rings is 1. The first-order valence-electron chi connectivity index (χ1n) is 6.97. The van der Waals surface area contributed by atoms with Crippen LogP contribution in [0.5, 0.6) is 0 Å². The lowest BCUT2D eigenvalue weighted by atomic mass is 10.0. The molecule has 1 N–H and O–H groups in total. The average Bonchev–Trinajstić information content (AvgIpc) is 2.95. The second kappa shape index (κ2) is 4.73. The molecule has 0 radical (unpaired) electrons. The van der Waals surface area contributed by atoms with E-state index >= 15 is 0 Å². The van der Waals surface area contributed by atoms with Crippen molar-refractivity contribution < 1.29 is 0 Å². The molecule has 0 spiro atoms. The summed E-state index contributed by atoms with van der Waals surface area (Å²) in [4.78, 5) is 4.66. The molecule has 1 aromatic heterocycles. The molecule has 1 aliphatic rings. The van der Waals surface area contributed by atoms with Gasteiger partial charge in [0.2, 0.25) is 0 Å². The number of rotatable bonds is 3. The van der Waals surface area contributed by atoms with Crippen molar-refractivity contribution in [2.24, 2.45) is 0 Å². The highest BCUT2D eigenvalue weighted by atomic mass is 15.1. The molecule has 18 heavy (non-hydrogen) atoms. The van der Waals surface area contributed by atoms with Crippen molar-refractivity contribution in [1.82, 2.24) is 14.9 Å². The lowest BCUT2D eigenvalue weighted by Gasteiger charge is -2.10. The third-order valence-electron chi connectivity index (χ3n) is 3.96. The summed E-state index contributed by atoms with van der Waals surface area (Å²) in [5.74, 6) is 1.11. The predicted octanol–water partition coefficient (Wildman–Crippen LogP) is 2.66. The average molecular weight is 243 g/mol. The third kappa shape index (κ3) is 2.03. The summed E-state index contributed by atoms with van der Waals surface area (Å²) in [6.45, 7) is 6.43. The molecule has 1 fully saturated rings. The summed E-state index contributed by atoms with van der Waals surface area (Å²) in [5, 5.41) is 3.56. The van der Waals surface area contributed by atoms with Gasteiger partial charge in [0.25, 0.3) is 0 Å². The molecular formula is C15H21N3. The van der Waals surface area contributed by atoms with Crippen LogP contribution in [-0.4, -0.2) is 22.1 Å². The Balaban J connectivity index is 1.91. The lowest BCUT2D eigenvalue weighted by Crippen LogP contribution is -2.23. The minimum atomic E-state index is 0.664. The molecule has 1 atom stereocenters. The van der Waals surface area contributed by atoms with Gasteiger partial charge in [-0.05, 0) is 57.4 Å². The molecule has 3 nitrogen and oxygen atoms in total. The topological polar surface area (TPSA) is 29.9 Å². The fraction of sp³-hybridized carbons (Fsp3) is 0.533. The van der Waals surface area contributed by atoms with Crippen LogP contribution in [0.3, 0.4) is 0 Å². The van der Waals surface area contributed by atoms with Gasteiger partial charge in [-0.15, -0.1) is 0 Å². The van der Waals surface area contributed by atoms with Crippen molar-refractivity contribution in [1.29, 1.82) is 0 Å². The van der Waals surface area contributed by atoms with Crippen molar-refractivity contribution in [3.05, 3.63) is 29.6 Å². The Morgan fingerprint density at radius 3 is 3.06 bits per heavy atom. The first-order chi connectivity index (χ1) is 8.78.